The second-order valence-electron chi connectivity index (χ2n) is 23.3. The normalized spacial score (nSPS) is 15.7. The summed E-state index contributed by atoms with van der Waals surface area (Å²) in [7, 11) is 0. The number of hydrogen-bond acceptors (Lipinski definition) is 1. The Morgan fingerprint density at radius 1 is 0.310 bits per heavy atom. The van der Waals surface area contributed by atoms with Crippen LogP contribution in [-0.4, -0.2) is 0 Å². The first-order valence-corrected chi connectivity index (χ1v) is 25.8. The minimum absolute atomic E-state index is 0.0255. The highest BCUT2D eigenvalue weighted by atomic mass is 15.1. The molecule has 1 heteroatoms. The fourth-order valence-corrected chi connectivity index (χ4v) is 12.1. The van der Waals surface area contributed by atoms with Crippen molar-refractivity contribution >= 4 is 17.1 Å². The second kappa shape index (κ2) is 17.0. The molecule has 1 unspecified atom stereocenters. The zero-order valence-electron chi connectivity index (χ0n) is 43.4. The van der Waals surface area contributed by atoms with Crippen molar-refractivity contribution in [3.8, 4) is 22.3 Å². The second-order valence-corrected chi connectivity index (χ2v) is 23.3. The fourth-order valence-electron chi connectivity index (χ4n) is 12.1. The van der Waals surface area contributed by atoms with Crippen LogP contribution in [0.2, 0.25) is 0 Å². The summed E-state index contributed by atoms with van der Waals surface area (Å²) in [5.41, 5.74) is 23.1. The summed E-state index contributed by atoms with van der Waals surface area (Å²) in [5.74, 6) is 0. The largest absolute Gasteiger partial charge is 0.310 e. The van der Waals surface area contributed by atoms with Crippen LogP contribution in [0.5, 0.6) is 0 Å². The fraction of sp³-hybridized carbons (Fsp3) is 0.229. The first kappa shape index (κ1) is 46.2. The third-order valence-electron chi connectivity index (χ3n) is 15.9. The van der Waals surface area contributed by atoms with E-state index in [0.717, 1.165) is 23.5 Å². The zero-order chi connectivity index (χ0) is 49.5. The molecule has 0 saturated heterocycles. The molecule has 0 bridgehead atoms. The molecule has 352 valence electrons. The van der Waals surface area contributed by atoms with Crippen molar-refractivity contribution in [2.45, 2.75) is 103 Å². The lowest BCUT2D eigenvalue weighted by Gasteiger charge is -2.36. The van der Waals surface area contributed by atoms with Crippen molar-refractivity contribution in [2.75, 3.05) is 4.90 Å². The van der Waals surface area contributed by atoms with E-state index < -0.39 is 10.8 Å². The maximum Gasteiger partial charge on any atom is 0.0714 e. The third kappa shape index (κ3) is 7.42. The molecule has 0 amide bonds. The molecule has 1 nitrogen and oxygen atoms in total. The van der Waals surface area contributed by atoms with Gasteiger partial charge in [-0.05, 0) is 148 Å². The van der Waals surface area contributed by atoms with Crippen LogP contribution in [0, 0.1) is 0 Å². The first-order valence-electron chi connectivity index (χ1n) is 25.8. The molecule has 0 heterocycles. The van der Waals surface area contributed by atoms with Gasteiger partial charge in [0.15, 0.2) is 0 Å². The molecular weight excluding hydrogens is 855 g/mol. The SMILES string of the molecule is CCc1ccc(N(c2ccc3c(c2)C(c2ccccc2)(c2ccc(C(C)(C)C)cc2)c2ccccc2-3)c2ccc3c(c2)C(c2ccc(C(C)(C)C)cc2)(c2ccc(C(C)(C)C)cc2)c2ccccc2-3)cc1. The van der Waals surface area contributed by atoms with Crippen LogP contribution >= 0.6 is 0 Å². The Morgan fingerprint density at radius 3 is 1.00 bits per heavy atom. The Labute approximate surface area is 423 Å². The molecule has 2 aliphatic carbocycles. The van der Waals surface area contributed by atoms with Crippen LogP contribution < -0.4 is 4.90 Å². The topological polar surface area (TPSA) is 3.24 Å². The van der Waals surface area contributed by atoms with E-state index in [1.54, 1.807) is 0 Å². The van der Waals surface area contributed by atoms with Crippen LogP contribution in [0.4, 0.5) is 17.1 Å². The van der Waals surface area contributed by atoms with E-state index in [9.17, 15) is 0 Å². The lowest BCUT2D eigenvalue weighted by Crippen LogP contribution is -2.29. The molecule has 71 heavy (non-hydrogen) atoms. The summed E-state index contributed by atoms with van der Waals surface area (Å²) in [6.07, 6.45) is 0.979. The molecule has 0 aromatic heterocycles. The van der Waals surface area contributed by atoms with Gasteiger partial charge >= 0.3 is 0 Å². The maximum absolute atomic E-state index is 2.52. The lowest BCUT2D eigenvalue weighted by atomic mass is 9.66. The van der Waals surface area contributed by atoms with Crippen LogP contribution in [0.25, 0.3) is 22.3 Å². The molecular formula is C70H67N. The number of benzene rings is 9. The van der Waals surface area contributed by atoms with Gasteiger partial charge in [-0.1, -0.05) is 245 Å². The zero-order valence-corrected chi connectivity index (χ0v) is 43.4. The van der Waals surface area contributed by atoms with E-state index in [1.807, 2.05) is 0 Å². The molecule has 9 aromatic rings. The van der Waals surface area contributed by atoms with Crippen LogP contribution in [0.3, 0.4) is 0 Å². The summed E-state index contributed by atoms with van der Waals surface area (Å²) in [6.45, 7) is 23.0. The van der Waals surface area contributed by atoms with Gasteiger partial charge in [0.1, 0.15) is 0 Å². The van der Waals surface area contributed by atoms with Gasteiger partial charge in [0.2, 0.25) is 0 Å². The van der Waals surface area contributed by atoms with Crippen LogP contribution in [0.15, 0.2) is 212 Å². The molecule has 11 rings (SSSR count). The summed E-state index contributed by atoms with van der Waals surface area (Å²) in [5, 5.41) is 0. The van der Waals surface area contributed by atoms with Gasteiger partial charge in [0.05, 0.1) is 10.8 Å². The number of aryl methyl sites for hydroxylation is 1. The number of anilines is 3. The summed E-state index contributed by atoms with van der Waals surface area (Å²) in [4.78, 5) is 2.51. The minimum atomic E-state index is -0.576. The van der Waals surface area contributed by atoms with Crippen molar-refractivity contribution < 1.29 is 0 Å². The van der Waals surface area contributed by atoms with E-state index in [4.69, 9.17) is 0 Å². The smallest absolute Gasteiger partial charge is 0.0714 e. The number of rotatable bonds is 8. The molecule has 0 fully saturated rings. The van der Waals surface area contributed by atoms with Gasteiger partial charge in [-0.25, -0.2) is 0 Å². The maximum atomic E-state index is 2.52. The average Bonchev–Trinajstić information content (AvgIpc) is 3.84. The van der Waals surface area contributed by atoms with Crippen molar-refractivity contribution in [3.63, 3.8) is 0 Å². The highest BCUT2D eigenvalue weighted by molar-refractivity contribution is 5.92. The van der Waals surface area contributed by atoms with Crippen molar-refractivity contribution in [1.82, 2.24) is 0 Å². The Kier molecular flexibility index (Phi) is 11.0. The molecule has 0 spiro atoms. The van der Waals surface area contributed by atoms with E-state index in [1.165, 1.54) is 89.0 Å². The van der Waals surface area contributed by atoms with E-state index >= 15 is 0 Å². The number of nitrogens with zero attached hydrogens (tertiary/aromatic N) is 1. The van der Waals surface area contributed by atoms with E-state index in [-0.39, 0.29) is 16.2 Å². The van der Waals surface area contributed by atoms with Crippen LogP contribution in [0.1, 0.15) is 136 Å². The summed E-state index contributed by atoms with van der Waals surface area (Å²) in [6, 6.07) is 81.9. The monoisotopic (exact) mass is 922 g/mol. The number of hydrogen-bond donors (Lipinski definition) is 0. The predicted octanol–water partition coefficient (Wildman–Crippen LogP) is 18.3. The van der Waals surface area contributed by atoms with Gasteiger partial charge in [-0.2, -0.15) is 0 Å². The van der Waals surface area contributed by atoms with E-state index in [2.05, 4.69) is 286 Å². The standard InChI is InChI=1S/C70H67N/c1-11-47-25-39-55(40-26-47)71(56-41-43-60-58-21-15-17-23-62(58)69(64(60)45-56,51-19-13-12-14-20-51)52-33-27-48(28-34-52)66(2,3)4)57-42-44-61-59-22-16-18-24-63(59)70(65(61)46-57,53-35-29-49(30-36-53)67(5,6)7)54-37-31-50(32-38-54)68(8,9)10/h12-46H,11H2,1-10H3. The van der Waals surface area contributed by atoms with Gasteiger partial charge < -0.3 is 4.90 Å². The van der Waals surface area contributed by atoms with Gasteiger partial charge in [-0.15, -0.1) is 0 Å². The molecule has 1 atom stereocenters. The van der Waals surface area contributed by atoms with Gasteiger partial charge in [0.25, 0.3) is 0 Å². The van der Waals surface area contributed by atoms with Crippen molar-refractivity contribution in [1.29, 1.82) is 0 Å². The predicted molar refractivity (Wildman–Crippen MR) is 301 cm³/mol. The molecule has 2 aliphatic rings. The summed E-state index contributed by atoms with van der Waals surface area (Å²) >= 11 is 0. The third-order valence-corrected chi connectivity index (χ3v) is 15.9. The van der Waals surface area contributed by atoms with Crippen molar-refractivity contribution in [2.24, 2.45) is 0 Å². The highest BCUT2D eigenvalue weighted by Gasteiger charge is 2.48. The minimum Gasteiger partial charge on any atom is -0.310 e. The van der Waals surface area contributed by atoms with Gasteiger partial charge in [0, 0.05) is 17.1 Å². The number of fused-ring (bicyclic) bond motifs is 6. The molecule has 0 radical (unpaired) electrons. The highest BCUT2D eigenvalue weighted by Crippen LogP contribution is 2.60. The molecule has 0 saturated carbocycles. The average molecular weight is 922 g/mol. The molecule has 0 aliphatic heterocycles. The molecule has 9 aromatic carbocycles. The Bertz CT molecular complexity index is 3350. The van der Waals surface area contributed by atoms with Crippen LogP contribution in [-0.2, 0) is 33.5 Å². The van der Waals surface area contributed by atoms with Crippen molar-refractivity contribution in [3.05, 3.63) is 279 Å². The lowest BCUT2D eigenvalue weighted by molar-refractivity contribution is 0.588. The Morgan fingerprint density at radius 2 is 0.634 bits per heavy atom. The van der Waals surface area contributed by atoms with Gasteiger partial charge in [-0.3, -0.25) is 0 Å². The quantitative estimate of drug-likeness (QED) is 0.147. The molecule has 0 N–H and O–H groups in total. The first-order chi connectivity index (χ1) is 34.0. The summed E-state index contributed by atoms with van der Waals surface area (Å²) < 4.78 is 0. The Balaban J connectivity index is 1.18. The Hall–Kier alpha value is -7.22. The van der Waals surface area contributed by atoms with E-state index in [0.29, 0.717) is 0 Å².